The molecule has 2 aliphatic rings. The number of carbonyl (C=O) groups is 1. The van der Waals surface area contributed by atoms with Gasteiger partial charge in [0.2, 0.25) is 5.88 Å². The van der Waals surface area contributed by atoms with Gasteiger partial charge in [0.1, 0.15) is 5.75 Å². The van der Waals surface area contributed by atoms with Crippen LogP contribution < -0.4 is 10.1 Å². The van der Waals surface area contributed by atoms with E-state index in [-0.39, 0.29) is 11.6 Å². The first-order valence-electron chi connectivity index (χ1n) is 11.0. The summed E-state index contributed by atoms with van der Waals surface area (Å²) in [6.07, 6.45) is 5.86. The molecule has 2 aliphatic heterocycles. The lowest BCUT2D eigenvalue weighted by atomic mass is 9.83. The summed E-state index contributed by atoms with van der Waals surface area (Å²) < 4.78 is 13.2. The number of benzene rings is 1. The van der Waals surface area contributed by atoms with Crippen LogP contribution in [0.15, 0.2) is 65.4 Å². The summed E-state index contributed by atoms with van der Waals surface area (Å²) >= 11 is 3.39. The molecule has 2 saturated heterocycles. The van der Waals surface area contributed by atoms with Crippen LogP contribution in [-0.4, -0.2) is 51.4 Å². The topological polar surface area (TPSA) is 89.5 Å². The van der Waals surface area contributed by atoms with Crippen molar-refractivity contribution < 1.29 is 14.3 Å². The number of hydrogen-bond donors (Lipinski definition) is 1. The second-order valence-corrected chi connectivity index (χ2v) is 9.33. The first-order chi connectivity index (χ1) is 16.1. The number of nitrogens with one attached hydrogen (secondary N) is 1. The third kappa shape index (κ3) is 5.15. The Balaban J connectivity index is 1.18. The van der Waals surface area contributed by atoms with Crippen molar-refractivity contribution in [2.75, 3.05) is 25.0 Å². The highest BCUT2D eigenvalue weighted by atomic mass is 79.9. The molecule has 1 N–H and O–H groups in total. The Morgan fingerprint density at radius 2 is 2.06 bits per heavy atom. The highest BCUT2D eigenvalue weighted by molar-refractivity contribution is 9.10. The third-order valence-electron chi connectivity index (χ3n) is 6.23. The number of piperidine rings is 1. The second-order valence-electron chi connectivity index (χ2n) is 8.41. The van der Waals surface area contributed by atoms with E-state index in [1.165, 1.54) is 5.56 Å². The van der Waals surface area contributed by atoms with Crippen LogP contribution in [0.2, 0.25) is 0 Å². The van der Waals surface area contributed by atoms with Gasteiger partial charge in [-0.25, -0.2) is 9.78 Å². The maximum Gasteiger partial charge on any atom is 0.323 e. The summed E-state index contributed by atoms with van der Waals surface area (Å²) in [5.74, 6) is 2.08. The highest BCUT2D eigenvalue weighted by Gasteiger charge is 2.43. The number of ether oxygens (including phenoxy) is 2. The molecule has 5 rings (SSSR count). The summed E-state index contributed by atoms with van der Waals surface area (Å²) in [6.45, 7) is 1.97. The van der Waals surface area contributed by atoms with Crippen LogP contribution in [0.4, 0.5) is 10.6 Å². The number of rotatable bonds is 4. The molecular formula is C24H24BrN5O3. The number of anilines is 1. The number of hydrogen-bond acceptors (Lipinski definition) is 6. The Morgan fingerprint density at radius 1 is 1.18 bits per heavy atom. The van der Waals surface area contributed by atoms with Gasteiger partial charge in [-0.2, -0.15) is 5.10 Å². The van der Waals surface area contributed by atoms with Crippen LogP contribution in [-0.2, 0) is 4.74 Å². The molecule has 2 amide bonds. The number of amides is 2. The molecule has 170 valence electrons. The Hall–Kier alpha value is -3.04. The fourth-order valence-corrected chi connectivity index (χ4v) is 4.69. The minimum atomic E-state index is -0.182. The molecular weight excluding hydrogens is 486 g/mol. The molecule has 8 nitrogen and oxygen atoms in total. The largest absolute Gasteiger partial charge is 0.439 e. The van der Waals surface area contributed by atoms with Crippen molar-refractivity contribution in [3.8, 4) is 11.6 Å². The first-order valence-corrected chi connectivity index (χ1v) is 11.7. The molecule has 1 spiro atoms. The van der Waals surface area contributed by atoms with E-state index in [0.717, 1.165) is 29.5 Å². The number of pyridine rings is 1. The van der Waals surface area contributed by atoms with Gasteiger partial charge >= 0.3 is 6.03 Å². The van der Waals surface area contributed by atoms with Crippen LogP contribution in [0.25, 0.3) is 0 Å². The van der Waals surface area contributed by atoms with Crippen molar-refractivity contribution in [3.05, 3.63) is 71.0 Å². The van der Waals surface area contributed by atoms with Gasteiger partial charge in [0.25, 0.3) is 0 Å². The number of halogens is 1. The van der Waals surface area contributed by atoms with Crippen molar-refractivity contribution in [1.29, 1.82) is 0 Å². The van der Waals surface area contributed by atoms with E-state index in [4.69, 9.17) is 9.47 Å². The fourth-order valence-electron chi connectivity index (χ4n) is 4.46. The molecule has 2 aromatic heterocycles. The summed E-state index contributed by atoms with van der Waals surface area (Å²) in [7, 11) is 0. The van der Waals surface area contributed by atoms with E-state index < -0.39 is 0 Å². The maximum atomic E-state index is 12.5. The molecule has 2 fully saturated rings. The number of aromatic nitrogens is 3. The quantitative estimate of drug-likeness (QED) is 0.532. The number of nitrogens with zero attached hydrogens (tertiary/aromatic N) is 4. The predicted molar refractivity (Wildman–Crippen MR) is 126 cm³/mol. The maximum absolute atomic E-state index is 12.5. The van der Waals surface area contributed by atoms with Crippen LogP contribution in [0, 0.1) is 0 Å². The standard InChI is InChI=1S/C24H24BrN5O3/c25-19-6-7-22(26-15-19)33-20-4-1-3-17(13-20)18-14-24(32-16-18)8-11-30(12-9-24)23(31)28-21-5-2-10-27-29-21/h1-7,10,13,15,18H,8-9,11-12,14,16H2,(H,28,29,31). The minimum Gasteiger partial charge on any atom is -0.439 e. The Labute approximate surface area is 200 Å². The number of urea groups is 1. The van der Waals surface area contributed by atoms with Gasteiger partial charge < -0.3 is 14.4 Å². The average molecular weight is 510 g/mol. The Bertz CT molecular complexity index is 1100. The number of carbonyl (C=O) groups excluding carboxylic acids is 1. The van der Waals surface area contributed by atoms with Crippen molar-refractivity contribution in [2.45, 2.75) is 30.8 Å². The molecule has 0 saturated carbocycles. The van der Waals surface area contributed by atoms with Gasteiger partial charge in [0.05, 0.1) is 12.2 Å². The summed E-state index contributed by atoms with van der Waals surface area (Å²) in [5.41, 5.74) is 1.02. The molecule has 9 heteroatoms. The van der Waals surface area contributed by atoms with E-state index in [9.17, 15) is 4.79 Å². The van der Waals surface area contributed by atoms with E-state index >= 15 is 0 Å². The Kier molecular flexibility index (Phi) is 6.24. The van der Waals surface area contributed by atoms with Crippen molar-refractivity contribution in [2.24, 2.45) is 0 Å². The lowest BCUT2D eigenvalue weighted by Crippen LogP contribution is -2.47. The van der Waals surface area contributed by atoms with Gasteiger partial charge in [0, 0.05) is 41.9 Å². The molecule has 1 aromatic carbocycles. The van der Waals surface area contributed by atoms with E-state index in [1.54, 1.807) is 24.5 Å². The summed E-state index contributed by atoms with van der Waals surface area (Å²) in [4.78, 5) is 18.6. The molecule has 3 aromatic rings. The number of likely N-dealkylation sites (tertiary alicyclic amines) is 1. The lowest BCUT2D eigenvalue weighted by Gasteiger charge is -2.38. The monoisotopic (exact) mass is 509 g/mol. The van der Waals surface area contributed by atoms with Gasteiger partial charge in [-0.15, -0.1) is 5.10 Å². The van der Waals surface area contributed by atoms with E-state index in [2.05, 4.69) is 48.6 Å². The summed E-state index contributed by atoms with van der Waals surface area (Å²) in [6, 6.07) is 15.2. The first kappa shape index (κ1) is 21.8. The van der Waals surface area contributed by atoms with Gasteiger partial charge in [-0.3, -0.25) is 5.32 Å². The zero-order valence-electron chi connectivity index (χ0n) is 18.0. The van der Waals surface area contributed by atoms with Crippen molar-refractivity contribution in [1.82, 2.24) is 20.1 Å². The van der Waals surface area contributed by atoms with Crippen LogP contribution in [0.5, 0.6) is 11.6 Å². The van der Waals surface area contributed by atoms with Crippen LogP contribution in [0.1, 0.15) is 30.7 Å². The second kappa shape index (κ2) is 9.44. The minimum absolute atomic E-state index is 0.147. The van der Waals surface area contributed by atoms with E-state index in [0.29, 0.717) is 37.3 Å². The molecule has 1 atom stereocenters. The highest BCUT2D eigenvalue weighted by Crippen LogP contribution is 2.43. The molecule has 0 aliphatic carbocycles. The normalized spacial score (nSPS) is 19.4. The molecule has 1 unspecified atom stereocenters. The molecule has 0 bridgehead atoms. The lowest BCUT2D eigenvalue weighted by molar-refractivity contribution is -0.0355. The van der Waals surface area contributed by atoms with Crippen molar-refractivity contribution >= 4 is 27.8 Å². The van der Waals surface area contributed by atoms with Crippen molar-refractivity contribution in [3.63, 3.8) is 0 Å². The van der Waals surface area contributed by atoms with Crippen LogP contribution >= 0.6 is 15.9 Å². The zero-order chi connectivity index (χ0) is 22.7. The molecule has 33 heavy (non-hydrogen) atoms. The summed E-state index contributed by atoms with van der Waals surface area (Å²) in [5, 5.41) is 10.5. The van der Waals surface area contributed by atoms with E-state index in [1.807, 2.05) is 29.2 Å². The fraction of sp³-hybridized carbons (Fsp3) is 0.333. The van der Waals surface area contributed by atoms with Gasteiger partial charge in [0.15, 0.2) is 5.82 Å². The zero-order valence-corrected chi connectivity index (χ0v) is 19.6. The third-order valence-corrected chi connectivity index (χ3v) is 6.70. The van der Waals surface area contributed by atoms with Gasteiger partial charge in [-0.1, -0.05) is 12.1 Å². The molecule has 4 heterocycles. The Morgan fingerprint density at radius 3 is 2.82 bits per heavy atom. The predicted octanol–water partition coefficient (Wildman–Crippen LogP) is 5.00. The van der Waals surface area contributed by atoms with Gasteiger partial charge in [-0.05, 0) is 71.1 Å². The average Bonchev–Trinajstić information content (AvgIpc) is 3.25. The molecule has 0 radical (unpaired) electrons. The SMILES string of the molecule is O=C(Nc1cccnn1)N1CCC2(CC1)CC(c1cccc(Oc3ccc(Br)cn3)c1)CO2. The van der Waals surface area contributed by atoms with Crippen LogP contribution in [0.3, 0.4) is 0 Å². The smallest absolute Gasteiger partial charge is 0.323 e.